The lowest BCUT2D eigenvalue weighted by Crippen LogP contribution is -2.53. The number of nitrogens with zero attached hydrogens (tertiary/aromatic N) is 3. The minimum atomic E-state index is -0.960. The number of hydrogen-bond donors (Lipinski definition) is 2. The second-order valence-corrected chi connectivity index (χ2v) is 6.38. The fraction of sp³-hybridized carbons (Fsp3) is 0.471. The van der Waals surface area contributed by atoms with E-state index in [0.29, 0.717) is 13.0 Å². The molecule has 0 unspecified atom stereocenters. The number of likely N-dealkylation sites (tertiary alicyclic amines) is 1. The fourth-order valence-corrected chi connectivity index (χ4v) is 2.89. The maximum Gasteiger partial charge on any atom is 0.0951 e. The molecule has 3 rings (SSSR count). The zero-order chi connectivity index (χ0) is 15.6. The molecular formula is C17H23N3O2. The number of aromatic nitrogens is 2. The molecule has 2 heterocycles. The van der Waals surface area contributed by atoms with Crippen molar-refractivity contribution in [2.45, 2.75) is 38.1 Å². The van der Waals surface area contributed by atoms with Crippen LogP contribution in [0.2, 0.25) is 0 Å². The fourth-order valence-electron chi connectivity index (χ4n) is 2.89. The summed E-state index contributed by atoms with van der Waals surface area (Å²) in [5.74, 6) is 0. The van der Waals surface area contributed by atoms with E-state index in [9.17, 15) is 10.2 Å². The van der Waals surface area contributed by atoms with E-state index in [1.807, 2.05) is 16.9 Å². The third-order valence-corrected chi connectivity index (χ3v) is 4.38. The van der Waals surface area contributed by atoms with Crippen LogP contribution < -0.4 is 0 Å². The van der Waals surface area contributed by atoms with Crippen LogP contribution in [-0.2, 0) is 13.1 Å². The van der Waals surface area contributed by atoms with Gasteiger partial charge in [-0.05, 0) is 30.5 Å². The number of β-amino-alcohol motifs (C(OH)–C–C–N with tert-alkyl or cyclic N) is 1. The molecule has 2 aromatic rings. The SMILES string of the molecule is C[C@]1(O)CCN(Cc2cccc(Cn3cccn3)c2)C[C@@H]1O. The van der Waals surface area contributed by atoms with Crippen molar-refractivity contribution in [2.75, 3.05) is 13.1 Å². The molecule has 118 valence electrons. The molecule has 2 atom stereocenters. The smallest absolute Gasteiger partial charge is 0.0951 e. The molecule has 0 bridgehead atoms. The predicted octanol–water partition coefficient (Wildman–Crippen LogP) is 1.25. The van der Waals surface area contributed by atoms with E-state index in [1.165, 1.54) is 11.1 Å². The van der Waals surface area contributed by atoms with Crippen LogP contribution >= 0.6 is 0 Å². The first-order chi connectivity index (χ1) is 10.5. The molecule has 0 saturated carbocycles. The summed E-state index contributed by atoms with van der Waals surface area (Å²) in [6.45, 7) is 4.57. The van der Waals surface area contributed by atoms with Crippen LogP contribution in [0.25, 0.3) is 0 Å². The van der Waals surface area contributed by atoms with Crippen LogP contribution in [0, 0.1) is 0 Å². The van der Waals surface area contributed by atoms with Crippen LogP contribution in [0.1, 0.15) is 24.5 Å². The number of aliphatic hydroxyl groups is 2. The van der Waals surface area contributed by atoms with Crippen molar-refractivity contribution in [3.63, 3.8) is 0 Å². The minimum absolute atomic E-state index is 0.510. The molecule has 22 heavy (non-hydrogen) atoms. The van der Waals surface area contributed by atoms with Crippen LogP contribution in [0.5, 0.6) is 0 Å². The zero-order valence-corrected chi connectivity index (χ0v) is 12.9. The van der Waals surface area contributed by atoms with E-state index < -0.39 is 11.7 Å². The quantitative estimate of drug-likeness (QED) is 0.892. The standard InChI is InChI=1S/C17H23N3O2/c1-17(22)6-9-19(13-16(17)21)11-14-4-2-5-15(10-14)12-20-8-3-7-18-20/h2-5,7-8,10,16,21-22H,6,9,11-13H2,1H3/t16-,17-/m0/s1. The summed E-state index contributed by atoms with van der Waals surface area (Å²) >= 11 is 0. The molecule has 1 aliphatic rings. The Kier molecular flexibility index (Phi) is 4.29. The maximum atomic E-state index is 10.0. The third-order valence-electron chi connectivity index (χ3n) is 4.38. The van der Waals surface area contributed by atoms with Gasteiger partial charge in [0.2, 0.25) is 0 Å². The van der Waals surface area contributed by atoms with Gasteiger partial charge in [-0.1, -0.05) is 24.3 Å². The van der Waals surface area contributed by atoms with Gasteiger partial charge in [0.15, 0.2) is 0 Å². The summed E-state index contributed by atoms with van der Waals surface area (Å²) in [6, 6.07) is 10.4. The topological polar surface area (TPSA) is 61.5 Å². The number of piperidine rings is 1. The van der Waals surface area contributed by atoms with E-state index in [-0.39, 0.29) is 0 Å². The van der Waals surface area contributed by atoms with Crippen molar-refractivity contribution < 1.29 is 10.2 Å². The molecule has 1 aliphatic heterocycles. The first-order valence-electron chi connectivity index (χ1n) is 7.71. The van der Waals surface area contributed by atoms with Gasteiger partial charge in [-0.3, -0.25) is 9.58 Å². The molecule has 1 fully saturated rings. The van der Waals surface area contributed by atoms with Crippen molar-refractivity contribution in [1.29, 1.82) is 0 Å². The van der Waals surface area contributed by atoms with Gasteiger partial charge in [0.05, 0.1) is 18.2 Å². The molecule has 1 aromatic heterocycles. The van der Waals surface area contributed by atoms with Gasteiger partial charge in [0.1, 0.15) is 0 Å². The van der Waals surface area contributed by atoms with Gasteiger partial charge in [0.25, 0.3) is 0 Å². The lowest BCUT2D eigenvalue weighted by atomic mass is 9.90. The largest absolute Gasteiger partial charge is 0.389 e. The monoisotopic (exact) mass is 301 g/mol. The van der Waals surface area contributed by atoms with Crippen molar-refractivity contribution in [2.24, 2.45) is 0 Å². The highest BCUT2D eigenvalue weighted by atomic mass is 16.3. The Morgan fingerprint density at radius 1 is 1.27 bits per heavy atom. The van der Waals surface area contributed by atoms with E-state index >= 15 is 0 Å². The molecule has 0 aliphatic carbocycles. The Morgan fingerprint density at radius 3 is 2.73 bits per heavy atom. The molecule has 5 nitrogen and oxygen atoms in total. The Bertz CT molecular complexity index is 610. The summed E-state index contributed by atoms with van der Waals surface area (Å²) in [5, 5.41) is 24.3. The Morgan fingerprint density at radius 2 is 2.05 bits per heavy atom. The molecule has 0 radical (unpaired) electrons. The second-order valence-electron chi connectivity index (χ2n) is 6.38. The number of benzene rings is 1. The first-order valence-corrected chi connectivity index (χ1v) is 7.71. The normalized spacial score (nSPS) is 26.2. The number of aliphatic hydroxyl groups excluding tert-OH is 1. The molecule has 5 heteroatoms. The summed E-state index contributed by atoms with van der Waals surface area (Å²) in [6.07, 6.45) is 3.65. The summed E-state index contributed by atoms with van der Waals surface area (Å²) in [7, 11) is 0. The molecule has 0 amide bonds. The van der Waals surface area contributed by atoms with Gasteiger partial charge in [-0.15, -0.1) is 0 Å². The summed E-state index contributed by atoms with van der Waals surface area (Å²) < 4.78 is 1.90. The van der Waals surface area contributed by atoms with Crippen LogP contribution in [0.15, 0.2) is 42.7 Å². The van der Waals surface area contributed by atoms with Gasteiger partial charge in [0, 0.05) is 32.0 Å². The number of hydrogen-bond acceptors (Lipinski definition) is 4. The minimum Gasteiger partial charge on any atom is -0.389 e. The van der Waals surface area contributed by atoms with E-state index in [1.54, 1.807) is 13.1 Å². The highest BCUT2D eigenvalue weighted by molar-refractivity contribution is 5.23. The zero-order valence-electron chi connectivity index (χ0n) is 12.9. The average molecular weight is 301 g/mol. The Hall–Kier alpha value is -1.69. The van der Waals surface area contributed by atoms with Crippen molar-refractivity contribution in [1.82, 2.24) is 14.7 Å². The highest BCUT2D eigenvalue weighted by Crippen LogP contribution is 2.23. The summed E-state index contributed by atoms with van der Waals surface area (Å²) in [4.78, 5) is 2.19. The summed E-state index contributed by atoms with van der Waals surface area (Å²) in [5.41, 5.74) is 1.47. The van der Waals surface area contributed by atoms with Gasteiger partial charge < -0.3 is 10.2 Å². The van der Waals surface area contributed by atoms with Gasteiger partial charge >= 0.3 is 0 Å². The van der Waals surface area contributed by atoms with Crippen molar-refractivity contribution in [3.05, 3.63) is 53.9 Å². The van der Waals surface area contributed by atoms with Gasteiger partial charge in [-0.25, -0.2) is 0 Å². The van der Waals surface area contributed by atoms with E-state index in [0.717, 1.165) is 19.6 Å². The van der Waals surface area contributed by atoms with Crippen LogP contribution in [0.4, 0.5) is 0 Å². The lowest BCUT2D eigenvalue weighted by Gasteiger charge is -2.40. The highest BCUT2D eigenvalue weighted by Gasteiger charge is 2.36. The van der Waals surface area contributed by atoms with E-state index in [4.69, 9.17) is 0 Å². The second kappa shape index (κ2) is 6.20. The first kappa shape index (κ1) is 15.2. The Balaban J connectivity index is 1.63. The molecule has 1 aromatic carbocycles. The maximum absolute atomic E-state index is 10.0. The van der Waals surface area contributed by atoms with Crippen LogP contribution in [-0.4, -0.2) is 49.7 Å². The third kappa shape index (κ3) is 3.55. The predicted molar refractivity (Wildman–Crippen MR) is 84.3 cm³/mol. The lowest BCUT2D eigenvalue weighted by molar-refractivity contribution is -0.108. The van der Waals surface area contributed by atoms with E-state index in [2.05, 4.69) is 34.3 Å². The number of rotatable bonds is 4. The van der Waals surface area contributed by atoms with Gasteiger partial charge in [-0.2, -0.15) is 5.10 Å². The average Bonchev–Trinajstić information content (AvgIpc) is 2.97. The van der Waals surface area contributed by atoms with Crippen molar-refractivity contribution >= 4 is 0 Å². The van der Waals surface area contributed by atoms with Crippen molar-refractivity contribution in [3.8, 4) is 0 Å². The Labute approximate surface area is 130 Å². The van der Waals surface area contributed by atoms with Crippen LogP contribution in [0.3, 0.4) is 0 Å². The molecule has 1 saturated heterocycles. The molecule has 0 spiro atoms. The molecule has 2 N–H and O–H groups in total. The molecular weight excluding hydrogens is 278 g/mol.